The van der Waals surface area contributed by atoms with Crippen LogP contribution < -0.4 is 16.3 Å². The Morgan fingerprint density at radius 3 is 2.65 bits per heavy atom. The van der Waals surface area contributed by atoms with E-state index in [0.717, 1.165) is 5.39 Å². The average Bonchev–Trinajstić information content (AvgIpc) is 2.46. The van der Waals surface area contributed by atoms with Crippen LogP contribution >= 0.6 is 0 Å². The van der Waals surface area contributed by atoms with Gasteiger partial charge in [-0.05, 0) is 45.0 Å². The van der Waals surface area contributed by atoms with Crippen molar-refractivity contribution in [2.45, 2.75) is 25.5 Å². The molecule has 2 amide bonds. The van der Waals surface area contributed by atoms with Gasteiger partial charge in [0.1, 0.15) is 5.58 Å². The van der Waals surface area contributed by atoms with Gasteiger partial charge in [0.15, 0.2) is 0 Å². The lowest BCUT2D eigenvalue weighted by Crippen LogP contribution is -2.35. The number of nitrogens with one attached hydrogen (secondary N) is 2. The minimum absolute atomic E-state index is 0.291. The fourth-order valence-corrected chi connectivity index (χ4v) is 2.79. The predicted octanol–water partition coefficient (Wildman–Crippen LogP) is 2.46. The molecule has 0 aliphatic heterocycles. The summed E-state index contributed by atoms with van der Waals surface area (Å²) in [4.78, 5) is 23.0. The Kier molecular flexibility index (Phi) is 5.20. The van der Waals surface area contributed by atoms with Gasteiger partial charge in [0.2, 0.25) is 0 Å². The van der Waals surface area contributed by atoms with Gasteiger partial charge in [-0.2, -0.15) is 0 Å². The molecule has 7 heteroatoms. The van der Waals surface area contributed by atoms with Gasteiger partial charge in [-0.3, -0.25) is 4.21 Å². The number of carbonyl (C=O) groups excluding carboxylic acids is 1. The van der Waals surface area contributed by atoms with Crippen molar-refractivity contribution in [1.29, 1.82) is 0 Å². The summed E-state index contributed by atoms with van der Waals surface area (Å²) in [6, 6.07) is 7.59. The molecule has 0 aliphatic carbocycles. The third-order valence-corrected chi connectivity index (χ3v) is 5.07. The molecule has 2 aromatic rings. The van der Waals surface area contributed by atoms with Crippen LogP contribution in [0.4, 0.5) is 10.5 Å². The number of hydrogen-bond donors (Lipinski definition) is 2. The SMILES string of the molecule is CC(C)(C)[S@@](=O)CCNC(=O)Nc1ccc2oc(=O)ccc2c1. The maximum atomic E-state index is 11.9. The molecule has 2 N–H and O–H groups in total. The largest absolute Gasteiger partial charge is 0.423 e. The smallest absolute Gasteiger partial charge is 0.336 e. The van der Waals surface area contributed by atoms with Gasteiger partial charge in [-0.1, -0.05) is 0 Å². The first-order chi connectivity index (χ1) is 10.8. The number of carbonyl (C=O) groups is 1. The zero-order valence-corrected chi connectivity index (χ0v) is 14.2. The Morgan fingerprint density at radius 2 is 1.96 bits per heavy atom. The lowest BCUT2D eigenvalue weighted by atomic mass is 10.2. The highest BCUT2D eigenvalue weighted by Gasteiger charge is 2.18. The molecule has 0 saturated heterocycles. The van der Waals surface area contributed by atoms with E-state index in [-0.39, 0.29) is 10.8 Å². The molecule has 1 atom stereocenters. The van der Waals surface area contributed by atoms with Crippen molar-refractivity contribution in [2.24, 2.45) is 0 Å². The molecule has 0 aliphatic rings. The summed E-state index contributed by atoms with van der Waals surface area (Å²) in [5.74, 6) is 0.403. The highest BCUT2D eigenvalue weighted by Crippen LogP contribution is 2.17. The lowest BCUT2D eigenvalue weighted by molar-refractivity contribution is 0.252. The molecular formula is C16H20N2O4S. The highest BCUT2D eigenvalue weighted by molar-refractivity contribution is 7.86. The minimum Gasteiger partial charge on any atom is -0.423 e. The van der Waals surface area contributed by atoms with Gasteiger partial charge in [0, 0.05) is 45.0 Å². The van der Waals surface area contributed by atoms with E-state index in [1.165, 1.54) is 6.07 Å². The van der Waals surface area contributed by atoms with Crippen LogP contribution in [-0.4, -0.2) is 27.3 Å². The summed E-state index contributed by atoms with van der Waals surface area (Å²) < 4.78 is 16.6. The maximum Gasteiger partial charge on any atom is 0.336 e. The lowest BCUT2D eigenvalue weighted by Gasteiger charge is -2.17. The summed E-state index contributed by atoms with van der Waals surface area (Å²) in [7, 11) is -1.01. The number of rotatable bonds is 4. The van der Waals surface area contributed by atoms with Crippen molar-refractivity contribution >= 4 is 33.5 Å². The molecule has 1 aromatic heterocycles. The van der Waals surface area contributed by atoms with Crippen LogP contribution in [-0.2, 0) is 10.8 Å². The standard InChI is InChI=1S/C16H20N2O4S/c1-16(2,3)23(21)9-8-17-15(20)18-12-5-6-13-11(10-12)4-7-14(19)22-13/h4-7,10H,8-9H2,1-3H3,(H2,17,18,20)/t23-/m0/s1. The topological polar surface area (TPSA) is 88.4 Å². The molecule has 1 aromatic carbocycles. The monoisotopic (exact) mass is 336 g/mol. The van der Waals surface area contributed by atoms with E-state index >= 15 is 0 Å². The second-order valence-corrected chi connectivity index (χ2v) is 8.37. The van der Waals surface area contributed by atoms with Gasteiger partial charge in [-0.25, -0.2) is 9.59 Å². The number of anilines is 1. The number of benzene rings is 1. The Bertz CT molecular complexity index is 793. The first-order valence-corrected chi connectivity index (χ1v) is 8.55. The molecule has 0 unspecified atom stereocenters. The van der Waals surface area contributed by atoms with E-state index in [1.807, 2.05) is 20.8 Å². The van der Waals surface area contributed by atoms with Crippen LogP contribution in [0.15, 0.2) is 39.5 Å². The van der Waals surface area contributed by atoms with Crippen LogP contribution in [0.25, 0.3) is 11.0 Å². The maximum absolute atomic E-state index is 11.9. The number of fused-ring (bicyclic) bond motifs is 1. The molecule has 0 radical (unpaired) electrons. The molecular weight excluding hydrogens is 316 g/mol. The summed E-state index contributed by atoms with van der Waals surface area (Å²) in [6.07, 6.45) is 0. The first-order valence-electron chi connectivity index (χ1n) is 7.23. The summed E-state index contributed by atoms with van der Waals surface area (Å²) in [5, 5.41) is 6.09. The molecule has 23 heavy (non-hydrogen) atoms. The van der Waals surface area contributed by atoms with Crippen LogP contribution in [0.5, 0.6) is 0 Å². The minimum atomic E-state index is -1.01. The first kappa shape index (κ1) is 17.2. The van der Waals surface area contributed by atoms with E-state index in [9.17, 15) is 13.8 Å². The van der Waals surface area contributed by atoms with Crippen molar-refractivity contribution in [1.82, 2.24) is 5.32 Å². The molecule has 124 valence electrons. The van der Waals surface area contributed by atoms with Gasteiger partial charge in [-0.15, -0.1) is 0 Å². The van der Waals surface area contributed by atoms with Crippen molar-refractivity contribution < 1.29 is 13.4 Å². The van der Waals surface area contributed by atoms with Gasteiger partial charge < -0.3 is 15.1 Å². The van der Waals surface area contributed by atoms with Crippen molar-refractivity contribution in [3.8, 4) is 0 Å². The normalized spacial score (nSPS) is 12.8. The zero-order chi connectivity index (χ0) is 17.0. The number of urea groups is 1. The summed E-state index contributed by atoms with van der Waals surface area (Å²) in [5.41, 5.74) is 0.632. The Hall–Kier alpha value is -2.15. The summed E-state index contributed by atoms with van der Waals surface area (Å²) in [6.45, 7) is 6.03. The third kappa shape index (κ3) is 4.92. The van der Waals surface area contributed by atoms with Crippen LogP contribution in [0.2, 0.25) is 0 Å². The molecule has 0 spiro atoms. The molecule has 0 saturated carbocycles. The van der Waals surface area contributed by atoms with Crippen LogP contribution in [0, 0.1) is 0 Å². The van der Waals surface area contributed by atoms with Crippen molar-refractivity contribution in [2.75, 3.05) is 17.6 Å². The fraction of sp³-hybridized carbons (Fsp3) is 0.375. The molecule has 2 rings (SSSR count). The fourth-order valence-electron chi connectivity index (χ4n) is 1.89. The molecule has 6 nitrogen and oxygen atoms in total. The van der Waals surface area contributed by atoms with E-state index in [4.69, 9.17) is 4.42 Å². The van der Waals surface area contributed by atoms with Crippen LogP contribution in [0.1, 0.15) is 20.8 Å². The van der Waals surface area contributed by atoms with Crippen molar-refractivity contribution in [3.05, 3.63) is 40.8 Å². The van der Waals surface area contributed by atoms with E-state index < -0.39 is 16.4 Å². The Labute approximate surface area is 136 Å². The molecule has 0 bridgehead atoms. The summed E-state index contributed by atoms with van der Waals surface area (Å²) >= 11 is 0. The van der Waals surface area contributed by atoms with Crippen molar-refractivity contribution in [3.63, 3.8) is 0 Å². The second-order valence-electron chi connectivity index (χ2n) is 6.05. The highest BCUT2D eigenvalue weighted by atomic mass is 32.2. The third-order valence-electron chi connectivity index (χ3n) is 3.13. The predicted molar refractivity (Wildman–Crippen MR) is 92.3 cm³/mol. The van der Waals surface area contributed by atoms with E-state index in [2.05, 4.69) is 10.6 Å². The Balaban J connectivity index is 1.92. The number of amides is 2. The Morgan fingerprint density at radius 1 is 1.22 bits per heavy atom. The van der Waals surface area contributed by atoms with Gasteiger partial charge in [0.05, 0.1) is 0 Å². The van der Waals surface area contributed by atoms with Gasteiger partial charge >= 0.3 is 11.7 Å². The zero-order valence-electron chi connectivity index (χ0n) is 13.3. The van der Waals surface area contributed by atoms with Crippen LogP contribution in [0.3, 0.4) is 0 Å². The average molecular weight is 336 g/mol. The molecule has 1 heterocycles. The molecule has 0 fully saturated rings. The number of hydrogen-bond acceptors (Lipinski definition) is 4. The van der Waals surface area contributed by atoms with E-state index in [0.29, 0.717) is 23.6 Å². The van der Waals surface area contributed by atoms with E-state index in [1.54, 1.807) is 24.3 Å². The second kappa shape index (κ2) is 6.95. The quantitative estimate of drug-likeness (QED) is 0.840. The van der Waals surface area contributed by atoms with Gasteiger partial charge in [0.25, 0.3) is 0 Å².